The number of halogens is 3. The van der Waals surface area contributed by atoms with Gasteiger partial charge in [0, 0.05) is 26.6 Å². The second-order valence-electron chi connectivity index (χ2n) is 4.91. The van der Waals surface area contributed by atoms with E-state index in [-0.39, 0.29) is 6.42 Å². The van der Waals surface area contributed by atoms with E-state index in [1.807, 2.05) is 31.2 Å². The number of guanidine groups is 1. The van der Waals surface area contributed by atoms with E-state index < -0.39 is 12.6 Å². The molecule has 0 aliphatic rings. The lowest BCUT2D eigenvalue weighted by Crippen LogP contribution is -2.37. The van der Waals surface area contributed by atoms with Crippen LogP contribution in [0.5, 0.6) is 0 Å². The van der Waals surface area contributed by atoms with E-state index in [0.29, 0.717) is 25.5 Å². The van der Waals surface area contributed by atoms with Gasteiger partial charge in [-0.2, -0.15) is 13.2 Å². The molecule has 1 rings (SSSR count). The van der Waals surface area contributed by atoms with E-state index in [1.165, 1.54) is 5.56 Å². The highest BCUT2D eigenvalue weighted by molar-refractivity contribution is 5.79. The lowest BCUT2D eigenvalue weighted by molar-refractivity contribution is -0.135. The Balaban J connectivity index is 2.22. The molecule has 6 heteroatoms. The number of nitrogens with zero attached hydrogens (tertiary/aromatic N) is 1. The molecule has 0 aliphatic carbocycles. The summed E-state index contributed by atoms with van der Waals surface area (Å²) in [7, 11) is 1.64. The topological polar surface area (TPSA) is 36.4 Å². The molecular formula is C15H22F3N3. The van der Waals surface area contributed by atoms with Crippen LogP contribution in [-0.2, 0) is 6.54 Å². The van der Waals surface area contributed by atoms with Crippen LogP contribution in [0.15, 0.2) is 29.3 Å². The van der Waals surface area contributed by atoms with Crippen LogP contribution in [0.2, 0.25) is 0 Å². The highest BCUT2D eigenvalue weighted by Crippen LogP contribution is 2.21. The number of alkyl halides is 3. The Morgan fingerprint density at radius 3 is 2.33 bits per heavy atom. The predicted octanol–water partition coefficient (Wildman–Crippen LogP) is 3.39. The van der Waals surface area contributed by atoms with Gasteiger partial charge in [0.25, 0.3) is 0 Å². The molecule has 0 bridgehead atoms. The molecular weight excluding hydrogens is 279 g/mol. The number of hydrogen-bond acceptors (Lipinski definition) is 1. The van der Waals surface area contributed by atoms with Gasteiger partial charge < -0.3 is 10.6 Å². The molecule has 2 N–H and O–H groups in total. The number of benzene rings is 1. The molecule has 3 nitrogen and oxygen atoms in total. The largest absolute Gasteiger partial charge is 0.389 e. The SMILES string of the molecule is CN=C(NCCCCC(F)(F)F)NCc1ccc(C)cc1. The van der Waals surface area contributed by atoms with Crippen molar-refractivity contribution in [2.75, 3.05) is 13.6 Å². The summed E-state index contributed by atoms with van der Waals surface area (Å²) in [6.07, 6.45) is -4.20. The molecule has 0 aromatic heterocycles. The molecule has 1 aromatic rings. The molecule has 0 saturated heterocycles. The van der Waals surface area contributed by atoms with E-state index in [1.54, 1.807) is 7.05 Å². The maximum absolute atomic E-state index is 12.0. The summed E-state index contributed by atoms with van der Waals surface area (Å²) in [5, 5.41) is 6.14. The van der Waals surface area contributed by atoms with Gasteiger partial charge in [0.15, 0.2) is 5.96 Å². The number of aliphatic imine (C=N–C) groups is 1. The third-order valence-corrected chi connectivity index (χ3v) is 2.98. The van der Waals surface area contributed by atoms with Crippen molar-refractivity contribution in [2.45, 2.75) is 38.9 Å². The van der Waals surface area contributed by atoms with E-state index in [9.17, 15) is 13.2 Å². The molecule has 118 valence electrons. The van der Waals surface area contributed by atoms with Crippen molar-refractivity contribution in [3.05, 3.63) is 35.4 Å². The first-order valence-corrected chi connectivity index (χ1v) is 6.97. The van der Waals surface area contributed by atoms with E-state index >= 15 is 0 Å². The monoisotopic (exact) mass is 301 g/mol. The molecule has 0 atom stereocenters. The fourth-order valence-corrected chi connectivity index (χ4v) is 1.77. The van der Waals surface area contributed by atoms with Crippen LogP contribution in [0.1, 0.15) is 30.4 Å². The Morgan fingerprint density at radius 1 is 1.10 bits per heavy atom. The Labute approximate surface area is 123 Å². The number of nitrogens with one attached hydrogen (secondary N) is 2. The van der Waals surface area contributed by atoms with Crippen molar-refractivity contribution in [3.63, 3.8) is 0 Å². The highest BCUT2D eigenvalue weighted by Gasteiger charge is 2.25. The first-order valence-electron chi connectivity index (χ1n) is 6.97. The van der Waals surface area contributed by atoms with Gasteiger partial charge in [0.05, 0.1) is 0 Å². The zero-order chi connectivity index (χ0) is 15.7. The molecule has 0 unspecified atom stereocenters. The van der Waals surface area contributed by atoms with Gasteiger partial charge in [-0.15, -0.1) is 0 Å². The predicted molar refractivity (Wildman–Crippen MR) is 79.3 cm³/mol. The van der Waals surface area contributed by atoms with Crippen LogP contribution in [-0.4, -0.2) is 25.7 Å². The lowest BCUT2D eigenvalue weighted by atomic mass is 10.1. The van der Waals surface area contributed by atoms with Crippen molar-refractivity contribution in [1.29, 1.82) is 0 Å². The minimum absolute atomic E-state index is 0.130. The normalized spacial score (nSPS) is 12.3. The summed E-state index contributed by atoms with van der Waals surface area (Å²) in [6, 6.07) is 8.12. The number of aryl methyl sites for hydroxylation is 1. The summed E-state index contributed by atoms with van der Waals surface area (Å²) in [4.78, 5) is 4.04. The minimum atomic E-state index is -4.06. The average molecular weight is 301 g/mol. The summed E-state index contributed by atoms with van der Waals surface area (Å²) in [6.45, 7) is 3.13. The number of hydrogen-bond donors (Lipinski definition) is 2. The maximum Gasteiger partial charge on any atom is 0.389 e. The summed E-state index contributed by atoms with van der Waals surface area (Å²) in [5.74, 6) is 0.600. The van der Waals surface area contributed by atoms with Crippen LogP contribution in [0.3, 0.4) is 0 Å². The first kappa shape index (κ1) is 17.3. The van der Waals surface area contributed by atoms with Crippen LogP contribution in [0.25, 0.3) is 0 Å². The molecule has 0 radical (unpaired) electrons. The van der Waals surface area contributed by atoms with Crippen molar-refractivity contribution < 1.29 is 13.2 Å². The Kier molecular flexibility index (Phi) is 7.05. The van der Waals surface area contributed by atoms with Gasteiger partial charge in [-0.3, -0.25) is 4.99 Å². The Hall–Kier alpha value is -1.72. The molecule has 0 amide bonds. The molecule has 21 heavy (non-hydrogen) atoms. The van der Waals surface area contributed by atoms with E-state index in [2.05, 4.69) is 15.6 Å². The quantitative estimate of drug-likeness (QED) is 0.480. The van der Waals surface area contributed by atoms with Crippen molar-refractivity contribution >= 4 is 5.96 Å². The fourth-order valence-electron chi connectivity index (χ4n) is 1.77. The van der Waals surface area contributed by atoms with Crippen molar-refractivity contribution in [1.82, 2.24) is 10.6 Å². The van der Waals surface area contributed by atoms with Gasteiger partial charge in [0.2, 0.25) is 0 Å². The molecule has 1 aromatic carbocycles. The molecule has 0 fully saturated rings. The minimum Gasteiger partial charge on any atom is -0.356 e. The summed E-state index contributed by atoms with van der Waals surface area (Å²) >= 11 is 0. The van der Waals surface area contributed by atoms with E-state index in [4.69, 9.17) is 0 Å². The first-order chi connectivity index (χ1) is 9.90. The van der Waals surface area contributed by atoms with Crippen LogP contribution < -0.4 is 10.6 Å². The van der Waals surface area contributed by atoms with Crippen LogP contribution in [0.4, 0.5) is 13.2 Å². The smallest absolute Gasteiger partial charge is 0.356 e. The van der Waals surface area contributed by atoms with Crippen molar-refractivity contribution in [3.8, 4) is 0 Å². The molecule has 0 spiro atoms. The Morgan fingerprint density at radius 2 is 1.76 bits per heavy atom. The van der Waals surface area contributed by atoms with Crippen LogP contribution in [0, 0.1) is 6.92 Å². The number of rotatable bonds is 6. The lowest BCUT2D eigenvalue weighted by Gasteiger charge is -2.12. The number of unbranched alkanes of at least 4 members (excludes halogenated alkanes) is 1. The highest BCUT2D eigenvalue weighted by atomic mass is 19.4. The van der Waals surface area contributed by atoms with Gasteiger partial charge >= 0.3 is 6.18 Å². The zero-order valence-electron chi connectivity index (χ0n) is 12.4. The second-order valence-corrected chi connectivity index (χ2v) is 4.91. The summed E-state index contributed by atoms with van der Waals surface area (Å²) < 4.78 is 36.0. The van der Waals surface area contributed by atoms with Gasteiger partial charge in [0.1, 0.15) is 0 Å². The standard InChI is InChI=1S/C15H22F3N3/c1-12-5-7-13(8-6-12)11-21-14(19-2)20-10-4-3-9-15(16,17)18/h5-8H,3-4,9-11H2,1-2H3,(H2,19,20,21). The fraction of sp³-hybridized carbons (Fsp3) is 0.533. The van der Waals surface area contributed by atoms with E-state index in [0.717, 1.165) is 5.56 Å². The maximum atomic E-state index is 12.0. The summed E-state index contributed by atoms with van der Waals surface area (Å²) in [5.41, 5.74) is 2.33. The van der Waals surface area contributed by atoms with Crippen molar-refractivity contribution in [2.24, 2.45) is 4.99 Å². The third-order valence-electron chi connectivity index (χ3n) is 2.98. The average Bonchev–Trinajstić information content (AvgIpc) is 2.42. The molecule has 0 saturated carbocycles. The Bertz CT molecular complexity index is 438. The molecule has 0 heterocycles. The van der Waals surface area contributed by atoms with Gasteiger partial charge in [-0.25, -0.2) is 0 Å². The third kappa shape index (κ3) is 8.22. The second kappa shape index (κ2) is 8.54. The van der Waals surface area contributed by atoms with Gasteiger partial charge in [-0.05, 0) is 25.3 Å². The molecule has 0 aliphatic heterocycles. The van der Waals surface area contributed by atoms with Crippen LogP contribution >= 0.6 is 0 Å². The zero-order valence-corrected chi connectivity index (χ0v) is 12.4. The van der Waals surface area contributed by atoms with Gasteiger partial charge in [-0.1, -0.05) is 29.8 Å².